The Kier molecular flexibility index (Phi) is 2.15. The minimum atomic E-state index is -0.581. The van der Waals surface area contributed by atoms with Gasteiger partial charge in [-0.1, -0.05) is 0 Å². The van der Waals surface area contributed by atoms with Gasteiger partial charge in [0.1, 0.15) is 0 Å². The molecule has 21 heavy (non-hydrogen) atoms. The van der Waals surface area contributed by atoms with Crippen molar-refractivity contribution in [3.63, 3.8) is 0 Å². The number of benzene rings is 2. The number of nitrogens with one attached hydrogen (secondary N) is 2. The summed E-state index contributed by atoms with van der Waals surface area (Å²) in [5.74, 6) is -1.13. The van der Waals surface area contributed by atoms with Crippen LogP contribution in [0.2, 0.25) is 0 Å². The summed E-state index contributed by atoms with van der Waals surface area (Å²) < 4.78 is 0. The molecular weight excluding hydrogens is 272 g/mol. The lowest BCUT2D eigenvalue weighted by Gasteiger charge is -2.04. The Morgan fingerprint density at radius 2 is 1.67 bits per heavy atom. The SMILES string of the molecule is Oc1ccc(-c2nc3cc4c[nH][nH]c4cc3n2)c(O)c1O. The van der Waals surface area contributed by atoms with Gasteiger partial charge in [0.15, 0.2) is 17.3 Å². The zero-order chi connectivity index (χ0) is 14.6. The molecule has 2 aromatic heterocycles. The predicted octanol–water partition coefficient (Wildman–Crippen LogP) is 2.22. The maximum atomic E-state index is 9.90. The Morgan fingerprint density at radius 1 is 0.905 bits per heavy atom. The highest BCUT2D eigenvalue weighted by Gasteiger charge is 2.16. The Morgan fingerprint density at radius 3 is 2.48 bits per heavy atom. The summed E-state index contributed by atoms with van der Waals surface area (Å²) in [5, 5.41) is 35.7. The van der Waals surface area contributed by atoms with Crippen LogP contribution in [0.3, 0.4) is 0 Å². The molecule has 0 fully saturated rings. The van der Waals surface area contributed by atoms with E-state index >= 15 is 0 Å². The summed E-state index contributed by atoms with van der Waals surface area (Å²) in [6.07, 6.45) is 1.81. The van der Waals surface area contributed by atoms with Crippen LogP contribution in [-0.2, 0) is 0 Å². The van der Waals surface area contributed by atoms with Crippen molar-refractivity contribution in [2.24, 2.45) is 0 Å². The van der Waals surface area contributed by atoms with E-state index in [-0.39, 0.29) is 11.4 Å². The van der Waals surface area contributed by atoms with Crippen LogP contribution in [0.5, 0.6) is 17.2 Å². The number of hydrogen-bond acceptors (Lipinski definition) is 5. The first-order valence-electron chi connectivity index (χ1n) is 6.21. The third kappa shape index (κ3) is 1.61. The molecule has 4 aromatic rings. The number of phenols is 3. The zero-order valence-electron chi connectivity index (χ0n) is 10.6. The number of rotatable bonds is 1. The highest BCUT2D eigenvalue weighted by Crippen LogP contribution is 2.41. The molecule has 0 spiro atoms. The van der Waals surface area contributed by atoms with Gasteiger partial charge in [0, 0.05) is 11.6 Å². The Bertz CT molecular complexity index is 939. The van der Waals surface area contributed by atoms with Crippen LogP contribution in [0.15, 0.2) is 30.5 Å². The van der Waals surface area contributed by atoms with Crippen LogP contribution < -0.4 is 0 Å². The number of fused-ring (bicyclic) bond motifs is 2. The van der Waals surface area contributed by atoms with Crippen molar-refractivity contribution in [3.05, 3.63) is 30.5 Å². The molecule has 0 atom stereocenters. The van der Waals surface area contributed by atoms with E-state index in [1.165, 1.54) is 12.1 Å². The van der Waals surface area contributed by atoms with Gasteiger partial charge in [0.2, 0.25) is 5.75 Å². The minimum Gasteiger partial charge on any atom is -0.504 e. The van der Waals surface area contributed by atoms with Crippen molar-refractivity contribution in [1.82, 2.24) is 20.2 Å². The molecule has 7 heteroatoms. The number of nitrogens with zero attached hydrogens (tertiary/aromatic N) is 2. The van der Waals surface area contributed by atoms with E-state index in [2.05, 4.69) is 20.2 Å². The topological polar surface area (TPSA) is 118 Å². The van der Waals surface area contributed by atoms with Crippen LogP contribution in [0.1, 0.15) is 0 Å². The van der Waals surface area contributed by atoms with E-state index in [1.54, 1.807) is 0 Å². The van der Waals surface area contributed by atoms with Crippen molar-refractivity contribution < 1.29 is 15.3 Å². The average molecular weight is 282 g/mol. The van der Waals surface area contributed by atoms with Gasteiger partial charge in [-0.15, -0.1) is 0 Å². The van der Waals surface area contributed by atoms with Gasteiger partial charge >= 0.3 is 0 Å². The van der Waals surface area contributed by atoms with Crippen molar-refractivity contribution >= 4 is 21.9 Å². The van der Waals surface area contributed by atoms with Gasteiger partial charge in [0.05, 0.1) is 22.1 Å². The standard InChI is InChI=1S/C14H10N4O3/c19-11-2-1-7(12(20)13(11)21)14-16-9-3-6-5-15-18-8(6)4-10(9)17-14/h1-5,15,18-21H. The minimum absolute atomic E-state index is 0.261. The molecule has 0 saturated heterocycles. The quantitative estimate of drug-likeness (QED) is 0.343. The number of H-pyrrole nitrogens is 2. The summed E-state index contributed by atoms with van der Waals surface area (Å²) in [4.78, 5) is 8.70. The monoisotopic (exact) mass is 282 g/mol. The van der Waals surface area contributed by atoms with Crippen molar-refractivity contribution in [2.75, 3.05) is 0 Å². The molecule has 0 saturated carbocycles. The first-order valence-corrected chi connectivity index (χ1v) is 6.21. The molecule has 0 bridgehead atoms. The summed E-state index contributed by atoms with van der Waals surface area (Å²) in [6.45, 7) is 0. The Balaban J connectivity index is 1.96. The highest BCUT2D eigenvalue weighted by atomic mass is 16.3. The van der Waals surface area contributed by atoms with E-state index in [1.807, 2.05) is 18.3 Å². The van der Waals surface area contributed by atoms with Crippen LogP contribution in [0.4, 0.5) is 0 Å². The van der Waals surface area contributed by atoms with Gasteiger partial charge in [-0.25, -0.2) is 9.97 Å². The molecule has 4 rings (SSSR count). The van der Waals surface area contributed by atoms with Crippen LogP contribution >= 0.6 is 0 Å². The van der Waals surface area contributed by atoms with E-state index < -0.39 is 17.2 Å². The molecular formula is C14H10N4O3. The second kappa shape index (κ2) is 3.89. The molecule has 0 unspecified atom stereocenters. The molecule has 0 aliphatic rings. The second-order valence-electron chi connectivity index (χ2n) is 4.72. The average Bonchev–Trinajstić information content (AvgIpc) is 3.07. The zero-order valence-corrected chi connectivity index (χ0v) is 10.6. The molecule has 0 aliphatic heterocycles. The third-order valence-corrected chi connectivity index (χ3v) is 3.40. The molecule has 0 radical (unpaired) electrons. The maximum Gasteiger partial charge on any atom is 0.201 e. The molecule has 0 amide bonds. The van der Waals surface area contributed by atoms with Crippen molar-refractivity contribution in [2.45, 2.75) is 0 Å². The lowest BCUT2D eigenvalue weighted by atomic mass is 10.1. The van der Waals surface area contributed by atoms with E-state index in [0.717, 1.165) is 10.9 Å². The molecule has 104 valence electrons. The van der Waals surface area contributed by atoms with Gasteiger partial charge in [-0.2, -0.15) is 0 Å². The second-order valence-corrected chi connectivity index (χ2v) is 4.72. The summed E-state index contributed by atoms with van der Waals surface area (Å²) in [5.41, 5.74) is 2.50. The fraction of sp³-hybridized carbons (Fsp3) is 0. The number of aromatic nitrogens is 4. The molecule has 2 heterocycles. The molecule has 7 nitrogen and oxygen atoms in total. The normalized spacial score (nSPS) is 11.4. The number of phenolic OH excluding ortho intramolecular Hbond substituents is 3. The summed E-state index contributed by atoms with van der Waals surface area (Å²) in [6, 6.07) is 6.45. The summed E-state index contributed by atoms with van der Waals surface area (Å²) >= 11 is 0. The number of aromatic amines is 2. The van der Waals surface area contributed by atoms with Gasteiger partial charge < -0.3 is 25.5 Å². The van der Waals surface area contributed by atoms with E-state index in [9.17, 15) is 15.3 Å². The van der Waals surface area contributed by atoms with E-state index in [4.69, 9.17) is 0 Å². The molecule has 0 aliphatic carbocycles. The molecule has 5 N–H and O–H groups in total. The van der Waals surface area contributed by atoms with Crippen molar-refractivity contribution in [1.29, 1.82) is 0 Å². The summed E-state index contributed by atoms with van der Waals surface area (Å²) in [7, 11) is 0. The van der Waals surface area contributed by atoms with E-state index in [0.29, 0.717) is 11.0 Å². The van der Waals surface area contributed by atoms with Crippen LogP contribution in [-0.4, -0.2) is 35.5 Å². The highest BCUT2D eigenvalue weighted by molar-refractivity contribution is 5.94. The molecule has 2 aromatic carbocycles. The number of imidazole rings is 1. The maximum absolute atomic E-state index is 9.90. The Hall–Kier alpha value is -3.22. The first-order chi connectivity index (χ1) is 10.1. The fourth-order valence-corrected chi connectivity index (χ4v) is 2.31. The third-order valence-electron chi connectivity index (χ3n) is 3.40. The smallest absolute Gasteiger partial charge is 0.201 e. The van der Waals surface area contributed by atoms with Crippen LogP contribution in [0, 0.1) is 0 Å². The van der Waals surface area contributed by atoms with Gasteiger partial charge in [0.25, 0.3) is 0 Å². The number of aromatic hydroxyl groups is 3. The lowest BCUT2D eigenvalue weighted by Crippen LogP contribution is -1.82. The van der Waals surface area contributed by atoms with Crippen molar-refractivity contribution in [3.8, 4) is 28.6 Å². The van der Waals surface area contributed by atoms with Gasteiger partial charge in [-0.05, 0) is 24.3 Å². The largest absolute Gasteiger partial charge is 0.504 e. The van der Waals surface area contributed by atoms with Crippen LogP contribution in [0.25, 0.3) is 33.3 Å². The Labute approximate surface area is 117 Å². The fourth-order valence-electron chi connectivity index (χ4n) is 2.31. The number of hydrogen-bond donors (Lipinski definition) is 5. The lowest BCUT2D eigenvalue weighted by molar-refractivity contribution is 0.369. The first kappa shape index (κ1) is 11.6. The van der Waals surface area contributed by atoms with Gasteiger partial charge in [-0.3, -0.25) is 0 Å². The predicted molar refractivity (Wildman–Crippen MR) is 76.2 cm³/mol.